The van der Waals surface area contributed by atoms with Gasteiger partial charge in [-0.05, 0) is 91.2 Å². The number of hydrogen-bond donors (Lipinski definition) is 26. The SMILES string of the molecule is CC(C)CC(=O)C[C@@H](C(=O)N[C@H](C(=O)C[C@H](CC(C)C)[C@H](O)CC(=O)N[C@H](C)C(=O)C[C@H](CC(C)C)[C@H](O)CC(=O)NCCCC[C@H](NNCC(=O)N[C@@H](CC(=O)O)C(=O)NC(CO)C(=O)N[C@@H](CC(=O)O)C(=O)NC(CO)C(=O)N[C@@H](CC(=O)O)C(=O)NC(CO)C(=O)N[C@@H](CC(=O)O)C(=O)NC(CO)C(=O)C(=O)CNC(=O)[C@@H](N)CSS(C)(=O)=O)C(=O)ONCC=O)C(C)C)C(C)C. The van der Waals surface area contributed by atoms with Crippen molar-refractivity contribution >= 4 is 156 Å². The molecule has 0 bridgehead atoms. The minimum atomic E-state index is -3.66. The van der Waals surface area contributed by atoms with Gasteiger partial charge in [0.2, 0.25) is 82.5 Å². The number of ketones is 5. The number of aliphatic hydroxyl groups excluding tert-OH is 6. The van der Waals surface area contributed by atoms with Crippen LogP contribution in [0.5, 0.6) is 0 Å². The summed E-state index contributed by atoms with van der Waals surface area (Å²) in [6.45, 7) is 11.5. The Morgan fingerprint density at radius 3 is 1.21 bits per heavy atom. The number of aliphatic carboxylic acids is 4. The highest BCUT2D eigenvalue weighted by molar-refractivity contribution is 8.71. The van der Waals surface area contributed by atoms with Crippen LogP contribution in [0.25, 0.3) is 0 Å². The molecule has 0 aromatic heterocycles. The number of nitrogens with one attached hydrogen (secondary N) is 15. The Labute approximate surface area is 781 Å². The molecule has 27 N–H and O–H groups in total. The van der Waals surface area contributed by atoms with Gasteiger partial charge in [-0.3, -0.25) is 101 Å². The zero-order valence-corrected chi connectivity index (χ0v) is 78.9. The first-order valence-electron chi connectivity index (χ1n) is 43.2. The number of Topliss-reactive ketones (excluding diaryl/α,β-unsaturated/α-hetero) is 5. The van der Waals surface area contributed by atoms with E-state index in [1.165, 1.54) is 6.92 Å². The largest absolute Gasteiger partial charge is 0.481 e. The van der Waals surface area contributed by atoms with Gasteiger partial charge in [-0.1, -0.05) is 69.2 Å². The van der Waals surface area contributed by atoms with E-state index in [1.54, 1.807) is 40.4 Å². The average molecular weight is 1970 g/mol. The van der Waals surface area contributed by atoms with E-state index < -0.39 is 320 Å². The Bertz CT molecular complexity index is 4180. The van der Waals surface area contributed by atoms with Gasteiger partial charge < -0.3 is 130 Å². The number of hydroxylamine groups is 1. The number of hydrogen-bond acceptors (Lipinski definition) is 37. The van der Waals surface area contributed by atoms with E-state index in [0.717, 1.165) is 6.26 Å². The molecule has 0 aliphatic carbocycles. The van der Waals surface area contributed by atoms with Gasteiger partial charge >= 0.3 is 29.8 Å². The van der Waals surface area contributed by atoms with Gasteiger partial charge in [0.25, 0.3) is 0 Å². The van der Waals surface area contributed by atoms with E-state index in [4.69, 9.17) is 10.6 Å². The van der Waals surface area contributed by atoms with Gasteiger partial charge in [-0.15, -0.1) is 5.48 Å². The van der Waals surface area contributed by atoms with Crippen LogP contribution < -0.4 is 85.9 Å². The molecule has 0 aliphatic rings. The summed E-state index contributed by atoms with van der Waals surface area (Å²) in [7, 11) is -3.38. The summed E-state index contributed by atoms with van der Waals surface area (Å²) in [5, 5.41) is 126. The number of amides is 12. The first-order valence-corrected chi connectivity index (χ1v) is 46.6. The summed E-state index contributed by atoms with van der Waals surface area (Å²) in [5.74, 6) is -31.3. The fourth-order valence-corrected chi connectivity index (χ4v) is 14.7. The molecular formula is C81H134N16O36S2. The number of rotatable bonds is 73. The number of hydrazine groups is 1. The summed E-state index contributed by atoms with van der Waals surface area (Å²) in [6, 6.07) is -23.2. The number of aliphatic hydroxyl groups is 6. The summed E-state index contributed by atoms with van der Waals surface area (Å²) in [5.41, 5.74) is 12.5. The van der Waals surface area contributed by atoms with Gasteiger partial charge in [0, 0.05) is 50.2 Å². The van der Waals surface area contributed by atoms with Gasteiger partial charge in [-0.2, -0.15) is 0 Å². The van der Waals surface area contributed by atoms with Crippen LogP contribution in [-0.4, -0.2) is 345 Å². The second-order valence-corrected chi connectivity index (χ2v) is 38.5. The number of carboxylic acids is 4. The molecule has 0 aromatic carbocycles. The first kappa shape index (κ1) is 124. The summed E-state index contributed by atoms with van der Waals surface area (Å²) in [4.78, 5) is 303. The van der Waals surface area contributed by atoms with Crippen LogP contribution in [0.15, 0.2) is 0 Å². The molecule has 0 aromatic rings. The van der Waals surface area contributed by atoms with Crippen molar-refractivity contribution in [1.82, 2.24) is 80.1 Å². The second kappa shape index (κ2) is 64.0. The topological polar surface area (TPSA) is 845 Å². The monoisotopic (exact) mass is 1970 g/mol. The molecular weight excluding hydrogens is 1840 g/mol. The van der Waals surface area contributed by atoms with Crippen LogP contribution in [0.3, 0.4) is 0 Å². The highest BCUT2D eigenvalue weighted by Crippen LogP contribution is 2.27. The fraction of sp³-hybridized carbons (Fsp3) is 0.716. The van der Waals surface area contributed by atoms with Gasteiger partial charge in [-0.25, -0.2) is 24.1 Å². The molecule has 0 spiro atoms. The van der Waals surface area contributed by atoms with Crippen molar-refractivity contribution in [3.8, 4) is 0 Å². The van der Waals surface area contributed by atoms with Crippen LogP contribution >= 0.6 is 10.8 Å². The number of carbonyl (C=O) groups excluding carboxylic acids is 19. The lowest BCUT2D eigenvalue weighted by atomic mass is 9.83. The van der Waals surface area contributed by atoms with E-state index in [0.29, 0.717) is 19.1 Å². The lowest BCUT2D eigenvalue weighted by molar-refractivity contribution is -0.155. The smallest absolute Gasteiger partial charge is 0.343 e. The van der Waals surface area contributed by atoms with Crippen molar-refractivity contribution in [2.24, 2.45) is 53.1 Å². The first-order chi connectivity index (χ1) is 62.8. The Morgan fingerprint density at radius 2 is 0.822 bits per heavy atom. The molecule has 0 fully saturated rings. The van der Waals surface area contributed by atoms with Crippen molar-refractivity contribution in [1.29, 1.82) is 0 Å². The third-order valence-electron chi connectivity index (χ3n) is 20.0. The Hall–Kier alpha value is -11.1. The van der Waals surface area contributed by atoms with Crippen molar-refractivity contribution in [3.63, 3.8) is 0 Å². The third-order valence-corrected chi connectivity index (χ3v) is 22.6. The maximum absolute atomic E-state index is 14.0. The summed E-state index contributed by atoms with van der Waals surface area (Å²) < 4.78 is 22.8. The van der Waals surface area contributed by atoms with Crippen molar-refractivity contribution in [2.75, 3.05) is 64.6 Å². The number of nitrogens with two attached hydrogens (primary N) is 1. The molecule has 17 atom stereocenters. The summed E-state index contributed by atoms with van der Waals surface area (Å²) >= 11 is 0. The summed E-state index contributed by atoms with van der Waals surface area (Å²) in [6.07, 6.45) is -7.44. The van der Waals surface area contributed by atoms with Crippen molar-refractivity contribution < 1.29 is 175 Å². The third kappa shape index (κ3) is 51.4. The van der Waals surface area contributed by atoms with E-state index in [2.05, 4.69) is 32.3 Å². The predicted molar refractivity (Wildman–Crippen MR) is 471 cm³/mol. The lowest BCUT2D eigenvalue weighted by Gasteiger charge is -2.29. The molecule has 0 heterocycles. The molecule has 12 amide bonds. The minimum Gasteiger partial charge on any atom is -0.481 e. The van der Waals surface area contributed by atoms with Crippen LogP contribution in [0.2, 0.25) is 0 Å². The molecule has 54 heteroatoms. The maximum atomic E-state index is 14.0. The Kier molecular flexibility index (Phi) is 58.8. The molecule has 0 rings (SSSR count). The van der Waals surface area contributed by atoms with E-state index in [9.17, 15) is 170 Å². The minimum absolute atomic E-state index is 0.0145. The van der Waals surface area contributed by atoms with Crippen molar-refractivity contribution in [2.45, 2.75) is 257 Å². The molecule has 766 valence electrons. The van der Waals surface area contributed by atoms with E-state index in [-0.39, 0.29) is 103 Å². The lowest BCUT2D eigenvalue weighted by Crippen LogP contribution is -2.62. The maximum Gasteiger partial charge on any atom is 0.343 e. The zero-order valence-electron chi connectivity index (χ0n) is 77.2. The molecule has 135 heavy (non-hydrogen) atoms. The molecule has 0 saturated heterocycles. The normalized spacial score (nSPS) is 15.3. The van der Waals surface area contributed by atoms with Crippen LogP contribution in [-0.2, 0) is 124 Å². The molecule has 52 nitrogen and oxygen atoms in total. The fourth-order valence-electron chi connectivity index (χ4n) is 13.0. The molecule has 0 radical (unpaired) electrons. The average Bonchev–Trinajstić information content (AvgIpc) is 0.855. The molecule has 4 unspecified atom stereocenters. The van der Waals surface area contributed by atoms with E-state index >= 15 is 0 Å². The predicted octanol–water partition coefficient (Wildman–Crippen LogP) is -9.33. The molecule has 0 aliphatic heterocycles. The van der Waals surface area contributed by atoms with Crippen LogP contribution in [0.4, 0.5) is 0 Å². The number of aldehydes is 1. The van der Waals surface area contributed by atoms with Crippen LogP contribution in [0.1, 0.15) is 172 Å². The highest BCUT2D eigenvalue weighted by atomic mass is 33.1. The van der Waals surface area contributed by atoms with Crippen molar-refractivity contribution in [3.05, 3.63) is 0 Å². The number of unbranched alkanes of at least 4 members (excludes halogenated alkanes) is 1. The quantitative estimate of drug-likeness (QED) is 0.00884. The Balaban J connectivity index is 6.15. The standard InChI is InChI=1S/C81H134N16O36S2/c1-38(2)19-44(22-58(104)43(11)87-64(110)30-60(106)45(20-39(3)4)23-61(107)70(42(9)10)96-72(121)47(41(7)8)24-46(103)21-40(5)6)59(105)29-63(109)83-16-14-13-15-49(81(130)133-86-17-18-98)97-85-32-65(111)88-50(25-66(112)113)74(123)93-55(34-100)78(127)90-52(27-68(116)117)76(125)95-57(36-102)80(129)91-53(28-69(118)119)77(126)94-56(35-101)79(128)89-51(26-67(114)115)75(124)92-54(33-99)71(120)62(108)31-84-73(122)48(82)37-134-135(12,131)132/h18,38-45,47-57,59-60,70,85-86,97,99-102,105-106H,13-17,19-37,82H2,1-12H3,(H,83,109)(H,84,122)(H,87,110)(H,88,111)(H,89,128)(H,90,127)(H,91,129)(H,92,124)(H,93,123)(H,94,126)(H,95,125)(H,96,121)(H,112,113)(H,114,115)(H,116,117)(H,118,119)/t43-,44+,45+,47-,48+,49+,50+,51+,52+,53+,54?,55?,56?,57?,59-,60-,70+/m1/s1. The number of carbonyl (C=O) groups is 23. The second-order valence-electron chi connectivity index (χ2n) is 34.0. The highest BCUT2D eigenvalue weighted by Gasteiger charge is 2.41. The van der Waals surface area contributed by atoms with Crippen LogP contribution in [0, 0.1) is 47.3 Å². The zero-order chi connectivity index (χ0) is 104. The Morgan fingerprint density at radius 1 is 0.415 bits per heavy atom. The van der Waals surface area contributed by atoms with Gasteiger partial charge in [0.05, 0.1) is 115 Å². The van der Waals surface area contributed by atoms with E-state index in [1.807, 2.05) is 76.7 Å². The van der Waals surface area contributed by atoms with Gasteiger partial charge in [0.1, 0.15) is 66.4 Å². The number of carboxylic acid groups (broad SMARTS) is 4. The molecule has 0 saturated carbocycles. The van der Waals surface area contributed by atoms with Gasteiger partial charge in [0.15, 0.2) is 20.4 Å².